The first kappa shape index (κ1) is 16.3. The molecule has 1 N–H and O–H groups in total. The zero-order valence-corrected chi connectivity index (χ0v) is 14.2. The second-order valence-corrected chi connectivity index (χ2v) is 6.22. The molecule has 3 aromatic rings. The third kappa shape index (κ3) is 3.56. The SMILES string of the molecule is O=C(N[C@@H]1CCC[C@H]1Oc1ccccc1)c1ccnc(-n2cncn2)c1. The molecule has 1 amide bonds. The number of carbonyl (C=O) groups excluding carboxylic acids is 1. The quantitative estimate of drug-likeness (QED) is 0.765. The monoisotopic (exact) mass is 349 g/mol. The number of hydrogen-bond donors (Lipinski definition) is 1. The number of amides is 1. The minimum atomic E-state index is -0.137. The maximum Gasteiger partial charge on any atom is 0.251 e. The number of nitrogens with one attached hydrogen (secondary N) is 1. The van der Waals surface area contributed by atoms with Gasteiger partial charge in [0.05, 0.1) is 6.04 Å². The highest BCUT2D eigenvalue weighted by Gasteiger charge is 2.30. The molecule has 0 aliphatic heterocycles. The summed E-state index contributed by atoms with van der Waals surface area (Å²) < 4.78 is 7.58. The molecule has 1 aliphatic carbocycles. The molecule has 0 spiro atoms. The summed E-state index contributed by atoms with van der Waals surface area (Å²) in [5, 5.41) is 7.14. The largest absolute Gasteiger partial charge is 0.488 e. The molecule has 0 saturated heterocycles. The van der Waals surface area contributed by atoms with E-state index >= 15 is 0 Å². The average molecular weight is 349 g/mol. The van der Waals surface area contributed by atoms with Gasteiger partial charge in [-0.05, 0) is 43.5 Å². The third-order valence-electron chi connectivity index (χ3n) is 4.46. The minimum Gasteiger partial charge on any atom is -0.488 e. The fourth-order valence-electron chi connectivity index (χ4n) is 3.17. The van der Waals surface area contributed by atoms with Gasteiger partial charge in [-0.15, -0.1) is 0 Å². The Labute approximate surface area is 151 Å². The van der Waals surface area contributed by atoms with Crippen molar-refractivity contribution >= 4 is 5.91 Å². The number of para-hydroxylation sites is 1. The standard InChI is InChI=1S/C19H19N5O2/c25-19(14-9-10-21-18(11-14)24-13-20-12-22-24)23-16-7-4-8-17(16)26-15-5-2-1-3-6-15/h1-3,5-6,9-13,16-17H,4,7-8H2,(H,23,25)/t16-,17-/m1/s1. The van der Waals surface area contributed by atoms with E-state index in [4.69, 9.17) is 4.74 Å². The van der Waals surface area contributed by atoms with Crippen molar-refractivity contribution < 1.29 is 9.53 Å². The molecule has 132 valence electrons. The molecular weight excluding hydrogens is 330 g/mol. The van der Waals surface area contributed by atoms with Gasteiger partial charge in [0.15, 0.2) is 5.82 Å². The Morgan fingerprint density at radius 1 is 1.19 bits per heavy atom. The summed E-state index contributed by atoms with van der Waals surface area (Å²) in [5.41, 5.74) is 0.538. The summed E-state index contributed by atoms with van der Waals surface area (Å²) in [5.74, 6) is 1.25. The normalized spacial score (nSPS) is 19.2. The van der Waals surface area contributed by atoms with Crippen molar-refractivity contribution in [2.45, 2.75) is 31.4 Å². The van der Waals surface area contributed by atoms with Crippen molar-refractivity contribution in [1.82, 2.24) is 25.1 Å². The van der Waals surface area contributed by atoms with Crippen molar-refractivity contribution in [3.05, 3.63) is 66.9 Å². The number of hydrogen-bond acceptors (Lipinski definition) is 5. The summed E-state index contributed by atoms with van der Waals surface area (Å²) in [6.45, 7) is 0. The maximum atomic E-state index is 12.7. The Bertz CT molecular complexity index is 867. The summed E-state index contributed by atoms with van der Waals surface area (Å²) >= 11 is 0. The van der Waals surface area contributed by atoms with Gasteiger partial charge in [-0.3, -0.25) is 4.79 Å². The van der Waals surface area contributed by atoms with Gasteiger partial charge in [-0.1, -0.05) is 18.2 Å². The molecule has 2 heterocycles. The minimum absolute atomic E-state index is 0.00862. The van der Waals surface area contributed by atoms with Crippen LogP contribution in [0.4, 0.5) is 0 Å². The van der Waals surface area contributed by atoms with Crippen LogP contribution in [0.25, 0.3) is 5.82 Å². The lowest BCUT2D eigenvalue weighted by Crippen LogP contribution is -2.42. The number of aromatic nitrogens is 4. The summed E-state index contributed by atoms with van der Waals surface area (Å²) in [4.78, 5) is 20.8. The summed E-state index contributed by atoms with van der Waals surface area (Å²) in [6, 6.07) is 13.1. The highest BCUT2D eigenvalue weighted by atomic mass is 16.5. The van der Waals surface area contributed by atoms with Crippen LogP contribution in [0.15, 0.2) is 61.3 Å². The number of nitrogens with zero attached hydrogens (tertiary/aromatic N) is 4. The van der Waals surface area contributed by atoms with Crippen LogP contribution in [0, 0.1) is 0 Å². The number of carbonyl (C=O) groups is 1. The number of pyridine rings is 1. The van der Waals surface area contributed by atoms with Crippen LogP contribution in [-0.4, -0.2) is 37.8 Å². The van der Waals surface area contributed by atoms with Gasteiger partial charge in [-0.25, -0.2) is 14.6 Å². The number of rotatable bonds is 5. The number of ether oxygens (including phenoxy) is 1. The predicted molar refractivity (Wildman–Crippen MR) is 95.1 cm³/mol. The smallest absolute Gasteiger partial charge is 0.251 e. The van der Waals surface area contributed by atoms with Crippen LogP contribution in [-0.2, 0) is 0 Å². The van der Waals surface area contributed by atoms with Crippen LogP contribution in [0.1, 0.15) is 29.6 Å². The molecule has 7 nitrogen and oxygen atoms in total. The third-order valence-corrected chi connectivity index (χ3v) is 4.46. The van der Waals surface area contributed by atoms with E-state index in [1.807, 2.05) is 30.3 Å². The first-order valence-corrected chi connectivity index (χ1v) is 8.63. The Balaban J connectivity index is 1.45. The number of benzene rings is 1. The van der Waals surface area contributed by atoms with E-state index in [1.165, 1.54) is 11.0 Å². The molecule has 1 aliphatic rings. The van der Waals surface area contributed by atoms with Crippen molar-refractivity contribution in [2.75, 3.05) is 0 Å². The van der Waals surface area contributed by atoms with Crippen molar-refractivity contribution in [3.63, 3.8) is 0 Å². The maximum absolute atomic E-state index is 12.7. The predicted octanol–water partition coefficient (Wildman–Crippen LogP) is 2.39. The molecular formula is C19H19N5O2. The Hall–Kier alpha value is -3.22. The molecule has 26 heavy (non-hydrogen) atoms. The van der Waals surface area contributed by atoms with Gasteiger partial charge in [-0.2, -0.15) is 5.10 Å². The summed E-state index contributed by atoms with van der Waals surface area (Å²) in [6.07, 6.45) is 7.42. The van der Waals surface area contributed by atoms with E-state index < -0.39 is 0 Å². The molecule has 1 aromatic carbocycles. The van der Waals surface area contributed by atoms with Crippen LogP contribution in [0.2, 0.25) is 0 Å². The van der Waals surface area contributed by atoms with E-state index in [1.54, 1.807) is 24.7 Å². The van der Waals surface area contributed by atoms with Crippen LogP contribution >= 0.6 is 0 Å². The zero-order chi connectivity index (χ0) is 17.8. The van der Waals surface area contributed by atoms with Crippen LogP contribution in [0.3, 0.4) is 0 Å². The van der Waals surface area contributed by atoms with Gasteiger partial charge in [0.2, 0.25) is 0 Å². The fraction of sp³-hybridized carbons (Fsp3) is 0.263. The van der Waals surface area contributed by atoms with Crippen molar-refractivity contribution in [1.29, 1.82) is 0 Å². The van der Waals surface area contributed by atoms with E-state index in [2.05, 4.69) is 20.4 Å². The second kappa shape index (κ2) is 7.35. The van der Waals surface area contributed by atoms with Crippen molar-refractivity contribution in [3.8, 4) is 11.6 Å². The lowest BCUT2D eigenvalue weighted by molar-refractivity contribution is 0.0894. The molecule has 1 saturated carbocycles. The molecule has 2 aromatic heterocycles. The fourth-order valence-corrected chi connectivity index (χ4v) is 3.17. The molecule has 0 bridgehead atoms. The second-order valence-electron chi connectivity index (χ2n) is 6.22. The lowest BCUT2D eigenvalue weighted by atomic mass is 10.1. The Morgan fingerprint density at radius 2 is 2.08 bits per heavy atom. The van der Waals surface area contributed by atoms with Gasteiger partial charge in [0, 0.05) is 11.8 Å². The first-order valence-electron chi connectivity index (χ1n) is 8.63. The average Bonchev–Trinajstić information content (AvgIpc) is 3.35. The Morgan fingerprint density at radius 3 is 2.88 bits per heavy atom. The topological polar surface area (TPSA) is 81.9 Å². The van der Waals surface area contributed by atoms with Crippen LogP contribution in [0.5, 0.6) is 5.75 Å². The zero-order valence-electron chi connectivity index (χ0n) is 14.2. The van der Waals surface area contributed by atoms with Gasteiger partial charge >= 0.3 is 0 Å². The van der Waals surface area contributed by atoms with Gasteiger partial charge in [0.1, 0.15) is 24.5 Å². The highest BCUT2D eigenvalue weighted by molar-refractivity contribution is 5.94. The van der Waals surface area contributed by atoms with Gasteiger partial charge in [0.25, 0.3) is 5.91 Å². The highest BCUT2D eigenvalue weighted by Crippen LogP contribution is 2.25. The van der Waals surface area contributed by atoms with Gasteiger partial charge < -0.3 is 10.1 Å². The molecule has 4 rings (SSSR count). The lowest BCUT2D eigenvalue weighted by Gasteiger charge is -2.22. The van der Waals surface area contributed by atoms with E-state index in [0.717, 1.165) is 25.0 Å². The molecule has 2 atom stereocenters. The van der Waals surface area contributed by atoms with E-state index in [9.17, 15) is 4.79 Å². The summed E-state index contributed by atoms with van der Waals surface area (Å²) in [7, 11) is 0. The molecule has 7 heteroatoms. The molecule has 0 radical (unpaired) electrons. The molecule has 0 unspecified atom stereocenters. The van der Waals surface area contributed by atoms with E-state index in [0.29, 0.717) is 11.4 Å². The van der Waals surface area contributed by atoms with Crippen molar-refractivity contribution in [2.24, 2.45) is 0 Å². The Kier molecular flexibility index (Phi) is 4.59. The van der Waals surface area contributed by atoms with E-state index in [-0.39, 0.29) is 18.1 Å². The first-order chi connectivity index (χ1) is 12.8. The molecule has 1 fully saturated rings. The van der Waals surface area contributed by atoms with Crippen LogP contribution < -0.4 is 10.1 Å².